The molecular formula is C14H19N3O. The lowest BCUT2D eigenvalue weighted by Gasteiger charge is -2.23. The molecule has 0 saturated heterocycles. The fraction of sp³-hybridized carbons (Fsp3) is 0.500. The Bertz CT molecular complexity index is 453. The van der Waals surface area contributed by atoms with Gasteiger partial charge in [0.05, 0.1) is 35.2 Å². The topological polar surface area (TPSA) is 82.1 Å². The van der Waals surface area contributed by atoms with Crippen LogP contribution in [0, 0.1) is 11.3 Å². The second kappa shape index (κ2) is 5.74. The molecule has 0 spiro atoms. The number of rotatable bonds is 2. The highest BCUT2D eigenvalue weighted by atomic mass is 16.3. The predicted molar refractivity (Wildman–Crippen MR) is 72.1 cm³/mol. The first kappa shape index (κ1) is 12.7. The molecule has 18 heavy (non-hydrogen) atoms. The van der Waals surface area contributed by atoms with Crippen molar-refractivity contribution in [3.63, 3.8) is 0 Å². The van der Waals surface area contributed by atoms with Crippen LogP contribution in [0.2, 0.25) is 0 Å². The first-order valence-corrected chi connectivity index (χ1v) is 6.45. The Morgan fingerprint density at radius 3 is 2.83 bits per heavy atom. The van der Waals surface area contributed by atoms with Gasteiger partial charge in [-0.1, -0.05) is 19.3 Å². The van der Waals surface area contributed by atoms with E-state index in [9.17, 15) is 5.11 Å². The number of nitrogens with one attached hydrogen (secondary N) is 1. The number of nitrogen functional groups attached to an aromatic ring is 1. The van der Waals surface area contributed by atoms with E-state index in [1.807, 2.05) is 0 Å². The summed E-state index contributed by atoms with van der Waals surface area (Å²) in [5, 5.41) is 22.2. The number of anilines is 2. The molecule has 0 radical (unpaired) electrons. The van der Waals surface area contributed by atoms with E-state index in [4.69, 9.17) is 11.0 Å². The van der Waals surface area contributed by atoms with Gasteiger partial charge in [-0.3, -0.25) is 0 Å². The molecule has 1 saturated carbocycles. The van der Waals surface area contributed by atoms with Crippen LogP contribution in [0.15, 0.2) is 18.2 Å². The van der Waals surface area contributed by atoms with Crippen molar-refractivity contribution in [3.05, 3.63) is 23.8 Å². The number of nitrogens with two attached hydrogens (primary N) is 1. The highest BCUT2D eigenvalue weighted by Gasteiger charge is 2.21. The van der Waals surface area contributed by atoms with Gasteiger partial charge in [-0.15, -0.1) is 0 Å². The van der Waals surface area contributed by atoms with Gasteiger partial charge in [-0.05, 0) is 31.0 Å². The highest BCUT2D eigenvalue weighted by molar-refractivity contribution is 5.68. The molecule has 0 bridgehead atoms. The summed E-state index contributed by atoms with van der Waals surface area (Å²) < 4.78 is 0. The maximum absolute atomic E-state index is 10.1. The average molecular weight is 245 g/mol. The van der Waals surface area contributed by atoms with E-state index in [0.717, 1.165) is 31.4 Å². The van der Waals surface area contributed by atoms with Crippen LogP contribution in [0.5, 0.6) is 0 Å². The quantitative estimate of drug-likeness (QED) is 0.551. The van der Waals surface area contributed by atoms with Gasteiger partial charge in [-0.2, -0.15) is 5.26 Å². The van der Waals surface area contributed by atoms with E-state index in [1.165, 1.54) is 6.42 Å². The van der Waals surface area contributed by atoms with Crippen molar-refractivity contribution in [1.82, 2.24) is 0 Å². The summed E-state index contributed by atoms with van der Waals surface area (Å²) in [5.41, 5.74) is 7.84. The van der Waals surface area contributed by atoms with E-state index < -0.39 is 0 Å². The van der Waals surface area contributed by atoms with Gasteiger partial charge in [0, 0.05) is 0 Å². The zero-order valence-electron chi connectivity index (χ0n) is 10.4. The van der Waals surface area contributed by atoms with Gasteiger partial charge in [0.1, 0.15) is 0 Å². The number of nitrogens with zero attached hydrogens (tertiary/aromatic N) is 1. The summed E-state index contributed by atoms with van der Waals surface area (Å²) in [6, 6.07) is 7.30. The van der Waals surface area contributed by atoms with E-state index in [-0.39, 0.29) is 12.1 Å². The molecule has 0 aromatic heterocycles. The Labute approximate surface area is 107 Å². The Hall–Kier alpha value is -1.73. The van der Waals surface area contributed by atoms with Crippen molar-refractivity contribution in [3.8, 4) is 6.07 Å². The van der Waals surface area contributed by atoms with Crippen molar-refractivity contribution >= 4 is 11.4 Å². The second-order valence-electron chi connectivity index (χ2n) is 4.87. The Morgan fingerprint density at radius 2 is 2.06 bits per heavy atom. The Morgan fingerprint density at radius 1 is 1.28 bits per heavy atom. The minimum absolute atomic E-state index is 0.0312. The predicted octanol–water partition coefficient (Wildman–Crippen LogP) is 2.25. The van der Waals surface area contributed by atoms with Gasteiger partial charge >= 0.3 is 0 Å². The van der Waals surface area contributed by atoms with Crippen LogP contribution in [0.3, 0.4) is 0 Å². The molecule has 0 heterocycles. The zero-order chi connectivity index (χ0) is 13.0. The number of hydrogen-bond donors (Lipinski definition) is 3. The summed E-state index contributed by atoms with van der Waals surface area (Å²) in [4.78, 5) is 0. The van der Waals surface area contributed by atoms with Gasteiger partial charge in [0.15, 0.2) is 0 Å². The summed E-state index contributed by atoms with van der Waals surface area (Å²) >= 11 is 0. The fourth-order valence-electron chi connectivity index (χ4n) is 2.41. The summed E-state index contributed by atoms with van der Waals surface area (Å²) in [5.74, 6) is 0. The van der Waals surface area contributed by atoms with Gasteiger partial charge < -0.3 is 16.2 Å². The van der Waals surface area contributed by atoms with E-state index in [2.05, 4.69) is 11.4 Å². The first-order chi connectivity index (χ1) is 8.70. The fourth-order valence-corrected chi connectivity index (χ4v) is 2.41. The van der Waals surface area contributed by atoms with Gasteiger partial charge in [-0.25, -0.2) is 0 Å². The summed E-state index contributed by atoms with van der Waals surface area (Å²) in [6.45, 7) is 0. The number of nitriles is 1. The molecule has 96 valence electrons. The van der Waals surface area contributed by atoms with Crippen LogP contribution in [0.1, 0.15) is 37.7 Å². The van der Waals surface area contributed by atoms with Crippen molar-refractivity contribution in [2.24, 2.45) is 0 Å². The third kappa shape index (κ3) is 2.93. The van der Waals surface area contributed by atoms with Crippen LogP contribution in [-0.4, -0.2) is 17.3 Å². The molecule has 1 fully saturated rings. The number of aliphatic hydroxyl groups excluding tert-OH is 1. The number of hydrogen-bond acceptors (Lipinski definition) is 4. The molecule has 1 aliphatic carbocycles. The summed E-state index contributed by atoms with van der Waals surface area (Å²) in [7, 11) is 0. The lowest BCUT2D eigenvalue weighted by Crippen LogP contribution is -2.32. The van der Waals surface area contributed by atoms with Crippen LogP contribution in [0.4, 0.5) is 11.4 Å². The monoisotopic (exact) mass is 245 g/mol. The molecule has 2 atom stereocenters. The molecule has 2 unspecified atom stereocenters. The maximum Gasteiger partial charge on any atom is 0.0992 e. The van der Waals surface area contributed by atoms with Crippen molar-refractivity contribution in [1.29, 1.82) is 5.26 Å². The molecule has 4 N–H and O–H groups in total. The molecule has 0 amide bonds. The molecule has 1 aromatic rings. The van der Waals surface area contributed by atoms with E-state index in [0.29, 0.717) is 11.3 Å². The average Bonchev–Trinajstić information content (AvgIpc) is 2.58. The van der Waals surface area contributed by atoms with Gasteiger partial charge in [0.2, 0.25) is 0 Å². The Balaban J connectivity index is 2.14. The maximum atomic E-state index is 10.1. The highest BCUT2D eigenvalue weighted by Crippen LogP contribution is 2.25. The SMILES string of the molecule is N#Cc1ccc(N)c(NC2CCCCCC2O)c1. The van der Waals surface area contributed by atoms with Crippen LogP contribution in [-0.2, 0) is 0 Å². The molecule has 1 aromatic carbocycles. The molecule has 2 rings (SSSR count). The molecule has 4 heteroatoms. The molecular weight excluding hydrogens is 226 g/mol. The molecule has 4 nitrogen and oxygen atoms in total. The van der Waals surface area contributed by atoms with E-state index >= 15 is 0 Å². The zero-order valence-corrected chi connectivity index (χ0v) is 10.4. The summed E-state index contributed by atoms with van der Waals surface area (Å²) in [6.07, 6.45) is 4.80. The second-order valence-corrected chi connectivity index (χ2v) is 4.87. The van der Waals surface area contributed by atoms with Crippen LogP contribution >= 0.6 is 0 Å². The standard InChI is InChI=1S/C14H19N3O/c15-9-10-6-7-11(16)13(8-10)17-12-4-2-1-3-5-14(12)18/h6-8,12,14,17-18H,1-5,16H2. The minimum Gasteiger partial charge on any atom is -0.397 e. The lowest BCUT2D eigenvalue weighted by molar-refractivity contribution is 0.144. The number of benzene rings is 1. The number of aliphatic hydroxyl groups is 1. The Kier molecular flexibility index (Phi) is 4.06. The lowest BCUT2D eigenvalue weighted by atomic mass is 10.0. The van der Waals surface area contributed by atoms with Crippen molar-refractivity contribution in [2.45, 2.75) is 44.2 Å². The molecule has 0 aliphatic heterocycles. The minimum atomic E-state index is -0.336. The normalized spacial score (nSPS) is 24.0. The molecule has 1 aliphatic rings. The third-order valence-corrected chi connectivity index (χ3v) is 3.50. The first-order valence-electron chi connectivity index (χ1n) is 6.45. The van der Waals surface area contributed by atoms with E-state index in [1.54, 1.807) is 18.2 Å². The largest absolute Gasteiger partial charge is 0.397 e. The van der Waals surface area contributed by atoms with Crippen molar-refractivity contribution < 1.29 is 5.11 Å². The third-order valence-electron chi connectivity index (χ3n) is 3.50. The van der Waals surface area contributed by atoms with Crippen molar-refractivity contribution in [2.75, 3.05) is 11.1 Å². The van der Waals surface area contributed by atoms with Crippen LogP contribution in [0.25, 0.3) is 0 Å². The smallest absolute Gasteiger partial charge is 0.0992 e. The van der Waals surface area contributed by atoms with Crippen LogP contribution < -0.4 is 11.1 Å². The van der Waals surface area contributed by atoms with Gasteiger partial charge in [0.25, 0.3) is 0 Å².